The van der Waals surface area contributed by atoms with Gasteiger partial charge in [-0.1, -0.05) is 48.5 Å². The number of alkyl carbamates (subject to hydrolysis) is 2. The Hall–Kier alpha value is -4.08. The number of nitrogens with zero attached hydrogens (tertiary/aromatic N) is 1. The number of benzene rings is 2. The molecule has 0 heterocycles. The number of carboxylic acid groups (broad SMARTS) is 1. The Morgan fingerprint density at radius 2 is 1.45 bits per heavy atom. The zero-order chi connectivity index (χ0) is 28.2. The molecule has 1 aliphatic carbocycles. The number of carboxylic acids is 1. The van der Waals surface area contributed by atoms with Gasteiger partial charge >= 0.3 is 18.2 Å². The molecule has 2 aromatic carbocycles. The molecule has 3 atom stereocenters. The molecule has 38 heavy (non-hydrogen) atoms. The summed E-state index contributed by atoms with van der Waals surface area (Å²) in [6, 6.07) is 12.5. The molecule has 10 nitrogen and oxygen atoms in total. The number of amides is 3. The predicted octanol–water partition coefficient (Wildman–Crippen LogP) is 3.74. The van der Waals surface area contributed by atoms with Gasteiger partial charge in [0.1, 0.15) is 24.3 Å². The van der Waals surface area contributed by atoms with Crippen molar-refractivity contribution in [2.45, 2.75) is 64.3 Å². The molecule has 0 aliphatic heterocycles. The minimum Gasteiger partial charge on any atom is -0.480 e. The van der Waals surface area contributed by atoms with Crippen LogP contribution in [0.2, 0.25) is 0 Å². The van der Waals surface area contributed by atoms with Crippen LogP contribution in [0.3, 0.4) is 0 Å². The van der Waals surface area contributed by atoms with E-state index in [0.29, 0.717) is 0 Å². The van der Waals surface area contributed by atoms with Crippen LogP contribution in [-0.2, 0) is 19.1 Å². The number of aliphatic carboxylic acids is 1. The van der Waals surface area contributed by atoms with Gasteiger partial charge in [-0.3, -0.25) is 4.79 Å². The molecule has 0 bridgehead atoms. The van der Waals surface area contributed by atoms with Crippen LogP contribution in [0.25, 0.3) is 11.1 Å². The molecular formula is C28H35N3O7. The first-order valence-corrected chi connectivity index (χ1v) is 12.4. The molecule has 10 heteroatoms. The largest absolute Gasteiger partial charge is 0.480 e. The molecule has 3 rings (SSSR count). The molecule has 0 aromatic heterocycles. The van der Waals surface area contributed by atoms with Crippen molar-refractivity contribution < 1.29 is 33.8 Å². The first kappa shape index (κ1) is 28.5. The van der Waals surface area contributed by atoms with Crippen molar-refractivity contribution in [3.63, 3.8) is 0 Å². The Labute approximate surface area is 222 Å². The maximum atomic E-state index is 13.0. The van der Waals surface area contributed by atoms with Gasteiger partial charge in [-0.25, -0.2) is 14.4 Å². The third-order valence-electron chi connectivity index (χ3n) is 6.43. The quantitative estimate of drug-likeness (QED) is 0.478. The number of hydrogen-bond acceptors (Lipinski definition) is 6. The van der Waals surface area contributed by atoms with Gasteiger partial charge in [0, 0.05) is 13.0 Å². The Morgan fingerprint density at radius 3 is 1.95 bits per heavy atom. The normalized spacial score (nSPS) is 14.8. The van der Waals surface area contributed by atoms with Gasteiger partial charge in [0.15, 0.2) is 0 Å². The van der Waals surface area contributed by atoms with Crippen LogP contribution in [0.4, 0.5) is 9.59 Å². The second-order valence-electron chi connectivity index (χ2n) is 10.3. The van der Waals surface area contributed by atoms with Gasteiger partial charge in [-0.05, 0) is 56.9 Å². The van der Waals surface area contributed by atoms with Crippen molar-refractivity contribution >= 4 is 24.1 Å². The van der Waals surface area contributed by atoms with Crippen LogP contribution in [0.1, 0.15) is 51.7 Å². The molecule has 0 saturated carbocycles. The standard InChI is InChI=1S/C28H35N3O7/c1-16(24(32)31(6)17(2)23(25(33)34)30-27(36)38-28(3,4)5)29-26(35)37-15-22-20-13-9-7-11-18(20)19-12-8-10-14-21(19)22/h7-14,16-17,22-23H,15H2,1-6H3,(H,29,35)(H,30,36)(H,33,34)/t16-,17-,23+/m0/s1. The molecule has 0 unspecified atom stereocenters. The Bertz CT molecular complexity index is 1160. The summed E-state index contributed by atoms with van der Waals surface area (Å²) in [5.41, 5.74) is 3.51. The zero-order valence-corrected chi connectivity index (χ0v) is 22.5. The maximum absolute atomic E-state index is 13.0. The highest BCUT2D eigenvalue weighted by atomic mass is 16.6. The zero-order valence-electron chi connectivity index (χ0n) is 22.5. The number of likely N-dealkylation sites (N-methyl/N-ethyl adjacent to an activating group) is 1. The van der Waals surface area contributed by atoms with E-state index in [1.54, 1.807) is 20.8 Å². The third kappa shape index (κ3) is 6.62. The van der Waals surface area contributed by atoms with Gasteiger partial charge in [-0.15, -0.1) is 0 Å². The van der Waals surface area contributed by atoms with Crippen LogP contribution in [0.15, 0.2) is 48.5 Å². The van der Waals surface area contributed by atoms with E-state index in [9.17, 15) is 24.3 Å². The smallest absolute Gasteiger partial charge is 0.408 e. The summed E-state index contributed by atoms with van der Waals surface area (Å²) in [5.74, 6) is -2.01. The van der Waals surface area contributed by atoms with Gasteiger partial charge in [0.25, 0.3) is 0 Å². The highest BCUT2D eigenvalue weighted by Gasteiger charge is 2.35. The molecule has 0 saturated heterocycles. The van der Waals surface area contributed by atoms with E-state index in [-0.39, 0.29) is 12.5 Å². The van der Waals surface area contributed by atoms with E-state index in [2.05, 4.69) is 10.6 Å². The van der Waals surface area contributed by atoms with Gasteiger partial charge in [0.2, 0.25) is 5.91 Å². The molecule has 1 aliphatic rings. The summed E-state index contributed by atoms with van der Waals surface area (Å²) in [6.07, 6.45) is -1.68. The molecular weight excluding hydrogens is 490 g/mol. The highest BCUT2D eigenvalue weighted by molar-refractivity contribution is 5.87. The number of carbonyl (C=O) groups is 4. The van der Waals surface area contributed by atoms with E-state index in [4.69, 9.17) is 9.47 Å². The topological polar surface area (TPSA) is 134 Å². The third-order valence-corrected chi connectivity index (χ3v) is 6.43. The molecule has 204 valence electrons. The average molecular weight is 526 g/mol. The first-order valence-electron chi connectivity index (χ1n) is 12.4. The minimum atomic E-state index is -1.43. The van der Waals surface area contributed by atoms with Crippen molar-refractivity contribution in [2.75, 3.05) is 13.7 Å². The lowest BCUT2D eigenvalue weighted by atomic mass is 9.98. The summed E-state index contributed by atoms with van der Waals surface area (Å²) in [6.45, 7) is 8.00. The molecule has 0 radical (unpaired) electrons. The Kier molecular flexibility index (Phi) is 8.65. The van der Waals surface area contributed by atoms with Crippen LogP contribution in [0, 0.1) is 0 Å². The van der Waals surface area contributed by atoms with Gasteiger partial charge in [0.05, 0.1) is 6.04 Å². The fourth-order valence-corrected chi connectivity index (χ4v) is 4.43. The summed E-state index contributed by atoms with van der Waals surface area (Å²) in [7, 11) is 1.40. The number of rotatable bonds is 8. The monoisotopic (exact) mass is 525 g/mol. The van der Waals surface area contributed by atoms with Gasteiger partial charge in [-0.2, -0.15) is 0 Å². The van der Waals surface area contributed by atoms with Crippen molar-refractivity contribution in [2.24, 2.45) is 0 Å². The number of fused-ring (bicyclic) bond motifs is 3. The van der Waals surface area contributed by atoms with Crippen molar-refractivity contribution in [3.05, 3.63) is 59.7 Å². The molecule has 0 fully saturated rings. The number of carbonyl (C=O) groups excluding carboxylic acids is 3. The second-order valence-corrected chi connectivity index (χ2v) is 10.3. The summed E-state index contributed by atoms with van der Waals surface area (Å²) < 4.78 is 10.6. The predicted molar refractivity (Wildman–Crippen MR) is 141 cm³/mol. The Morgan fingerprint density at radius 1 is 0.921 bits per heavy atom. The van der Waals surface area contributed by atoms with E-state index in [1.807, 2.05) is 48.5 Å². The minimum absolute atomic E-state index is 0.0912. The van der Waals surface area contributed by atoms with Crippen LogP contribution in [0.5, 0.6) is 0 Å². The molecule has 0 spiro atoms. The van der Waals surface area contributed by atoms with E-state index in [1.165, 1.54) is 20.9 Å². The summed E-state index contributed by atoms with van der Waals surface area (Å²) >= 11 is 0. The van der Waals surface area contributed by atoms with Crippen molar-refractivity contribution in [1.82, 2.24) is 15.5 Å². The fourth-order valence-electron chi connectivity index (χ4n) is 4.43. The van der Waals surface area contributed by atoms with Crippen LogP contribution >= 0.6 is 0 Å². The van der Waals surface area contributed by atoms with E-state index < -0.39 is 47.8 Å². The summed E-state index contributed by atoms with van der Waals surface area (Å²) in [4.78, 5) is 50.6. The first-order chi connectivity index (χ1) is 17.8. The lowest BCUT2D eigenvalue weighted by Crippen LogP contribution is -2.58. The van der Waals surface area contributed by atoms with E-state index >= 15 is 0 Å². The molecule has 3 amide bonds. The maximum Gasteiger partial charge on any atom is 0.408 e. The molecule has 3 N–H and O–H groups in total. The summed E-state index contributed by atoms with van der Waals surface area (Å²) in [5, 5.41) is 14.4. The second kappa shape index (κ2) is 11.5. The van der Waals surface area contributed by atoms with Crippen molar-refractivity contribution in [1.29, 1.82) is 0 Å². The highest BCUT2D eigenvalue weighted by Crippen LogP contribution is 2.44. The molecule has 2 aromatic rings. The number of hydrogen-bond donors (Lipinski definition) is 3. The van der Waals surface area contributed by atoms with Crippen LogP contribution in [-0.4, -0.2) is 71.5 Å². The number of ether oxygens (including phenoxy) is 2. The van der Waals surface area contributed by atoms with E-state index in [0.717, 1.165) is 27.2 Å². The lowest BCUT2D eigenvalue weighted by Gasteiger charge is -2.32. The average Bonchev–Trinajstić information content (AvgIpc) is 3.17. The van der Waals surface area contributed by atoms with Gasteiger partial charge < -0.3 is 30.1 Å². The van der Waals surface area contributed by atoms with Crippen molar-refractivity contribution in [3.8, 4) is 11.1 Å². The lowest BCUT2D eigenvalue weighted by molar-refractivity contribution is -0.143. The SMILES string of the molecule is C[C@H](NC(=O)OCC1c2ccccc2-c2ccccc21)C(=O)N(C)[C@@H](C)[C@@H](NC(=O)OC(C)(C)C)C(=O)O. The number of nitrogens with one attached hydrogen (secondary N) is 2. The fraction of sp³-hybridized carbons (Fsp3) is 0.429. The Balaban J connectivity index is 1.58. The van der Waals surface area contributed by atoms with Crippen LogP contribution < -0.4 is 10.6 Å².